The van der Waals surface area contributed by atoms with Crippen LogP contribution in [0.25, 0.3) is 0 Å². The maximum Gasteiger partial charge on any atom is 0.220 e. The number of aryl methyl sites for hydroxylation is 1. The Hall–Kier alpha value is -2.29. The van der Waals surface area contributed by atoms with Crippen LogP contribution in [0, 0.1) is 0 Å². The summed E-state index contributed by atoms with van der Waals surface area (Å²) in [5.41, 5.74) is 2.03. The zero-order valence-electron chi connectivity index (χ0n) is 11.4. The molecule has 0 aliphatic heterocycles. The van der Waals surface area contributed by atoms with Gasteiger partial charge in [-0.15, -0.1) is 0 Å². The van der Waals surface area contributed by atoms with E-state index >= 15 is 0 Å². The van der Waals surface area contributed by atoms with Gasteiger partial charge < -0.3 is 10.4 Å². The third-order valence-electron chi connectivity index (χ3n) is 3.19. The number of carbonyl (C=O) groups is 1. The lowest BCUT2D eigenvalue weighted by molar-refractivity contribution is -0.121. The van der Waals surface area contributed by atoms with Gasteiger partial charge in [-0.2, -0.15) is 0 Å². The average Bonchev–Trinajstić information content (AvgIpc) is 2.48. The number of phenolic OH excluding ortho intramolecular Hbond substituents is 1. The fraction of sp³-hybridized carbons (Fsp3) is 0.235. The molecule has 1 amide bonds. The highest BCUT2D eigenvalue weighted by Gasteiger charge is 2.03. The fourth-order valence-electron chi connectivity index (χ4n) is 2.05. The first-order valence-electron chi connectivity index (χ1n) is 6.83. The minimum Gasteiger partial charge on any atom is -0.508 e. The molecule has 0 unspecified atom stereocenters. The Morgan fingerprint density at radius 1 is 0.950 bits per heavy atom. The molecule has 0 atom stereocenters. The molecular formula is C17H19NO2. The number of carbonyl (C=O) groups excluding carboxylic acids is 1. The van der Waals surface area contributed by atoms with Crippen molar-refractivity contribution in [2.24, 2.45) is 0 Å². The van der Waals surface area contributed by atoms with E-state index in [1.54, 1.807) is 12.1 Å². The molecule has 0 fully saturated rings. The third-order valence-corrected chi connectivity index (χ3v) is 3.19. The second-order valence-corrected chi connectivity index (χ2v) is 4.71. The van der Waals surface area contributed by atoms with E-state index in [0.717, 1.165) is 12.0 Å². The van der Waals surface area contributed by atoms with Gasteiger partial charge in [0.05, 0.1) is 0 Å². The van der Waals surface area contributed by atoms with Crippen molar-refractivity contribution in [1.82, 2.24) is 5.32 Å². The number of nitrogens with one attached hydrogen (secondary N) is 1. The normalized spacial score (nSPS) is 10.2. The van der Waals surface area contributed by atoms with E-state index in [4.69, 9.17) is 0 Å². The van der Waals surface area contributed by atoms with E-state index in [2.05, 4.69) is 5.32 Å². The van der Waals surface area contributed by atoms with Crippen LogP contribution in [0.1, 0.15) is 17.5 Å². The lowest BCUT2D eigenvalue weighted by Crippen LogP contribution is -2.25. The zero-order chi connectivity index (χ0) is 14.2. The summed E-state index contributed by atoms with van der Waals surface area (Å²) in [6.45, 7) is 0.547. The van der Waals surface area contributed by atoms with Crippen LogP contribution < -0.4 is 5.32 Å². The summed E-state index contributed by atoms with van der Waals surface area (Å²) in [7, 11) is 0. The molecule has 104 valence electrons. The van der Waals surface area contributed by atoms with Gasteiger partial charge in [0, 0.05) is 13.0 Å². The molecule has 0 radical (unpaired) electrons. The Morgan fingerprint density at radius 3 is 2.40 bits per heavy atom. The van der Waals surface area contributed by atoms with E-state index in [1.807, 2.05) is 42.5 Å². The van der Waals surface area contributed by atoms with Crippen LogP contribution in [0.5, 0.6) is 5.75 Å². The van der Waals surface area contributed by atoms with Crippen molar-refractivity contribution in [1.29, 1.82) is 0 Å². The molecule has 0 spiro atoms. The minimum absolute atomic E-state index is 0.0456. The van der Waals surface area contributed by atoms with Crippen LogP contribution in [0.2, 0.25) is 0 Å². The molecule has 3 heteroatoms. The zero-order valence-corrected chi connectivity index (χ0v) is 11.4. The van der Waals surface area contributed by atoms with Gasteiger partial charge in [0.15, 0.2) is 0 Å². The van der Waals surface area contributed by atoms with Gasteiger partial charge in [-0.25, -0.2) is 0 Å². The van der Waals surface area contributed by atoms with Gasteiger partial charge in [-0.05, 0) is 30.0 Å². The van der Waals surface area contributed by atoms with Crippen molar-refractivity contribution in [3.05, 3.63) is 65.7 Å². The van der Waals surface area contributed by atoms with Gasteiger partial charge in [0.25, 0.3) is 0 Å². The van der Waals surface area contributed by atoms with E-state index in [1.165, 1.54) is 5.56 Å². The number of para-hydroxylation sites is 1. The second-order valence-electron chi connectivity index (χ2n) is 4.71. The molecule has 0 aliphatic carbocycles. The van der Waals surface area contributed by atoms with Crippen molar-refractivity contribution in [3.8, 4) is 5.75 Å². The van der Waals surface area contributed by atoms with Crippen molar-refractivity contribution in [2.75, 3.05) is 6.54 Å². The predicted octanol–water partition coefficient (Wildman–Crippen LogP) is 2.68. The van der Waals surface area contributed by atoms with E-state index in [9.17, 15) is 9.90 Å². The Balaban J connectivity index is 1.69. The summed E-state index contributed by atoms with van der Waals surface area (Å²) in [5, 5.41) is 12.5. The molecule has 2 aromatic rings. The smallest absolute Gasteiger partial charge is 0.220 e. The van der Waals surface area contributed by atoms with Crippen LogP contribution in [-0.4, -0.2) is 17.6 Å². The first-order valence-corrected chi connectivity index (χ1v) is 6.83. The summed E-state index contributed by atoms with van der Waals surface area (Å²) in [5.74, 6) is 0.329. The van der Waals surface area contributed by atoms with E-state index in [0.29, 0.717) is 19.4 Å². The topological polar surface area (TPSA) is 49.3 Å². The molecule has 0 heterocycles. The number of rotatable bonds is 6. The highest BCUT2D eigenvalue weighted by Crippen LogP contribution is 2.15. The minimum atomic E-state index is 0.0456. The summed E-state index contributed by atoms with van der Waals surface area (Å²) in [6.07, 6.45) is 1.89. The molecule has 2 N–H and O–H groups in total. The van der Waals surface area contributed by atoms with Crippen LogP contribution in [0.3, 0.4) is 0 Å². The van der Waals surface area contributed by atoms with Crippen molar-refractivity contribution in [2.45, 2.75) is 19.3 Å². The number of aromatic hydroxyl groups is 1. The highest BCUT2D eigenvalue weighted by atomic mass is 16.3. The Kier molecular flexibility index (Phi) is 5.18. The molecule has 0 aliphatic rings. The first kappa shape index (κ1) is 14.1. The van der Waals surface area contributed by atoms with Gasteiger partial charge in [0.1, 0.15) is 5.75 Å². The molecule has 3 nitrogen and oxygen atoms in total. The van der Waals surface area contributed by atoms with Crippen molar-refractivity contribution in [3.63, 3.8) is 0 Å². The van der Waals surface area contributed by atoms with Gasteiger partial charge >= 0.3 is 0 Å². The van der Waals surface area contributed by atoms with Crippen LogP contribution >= 0.6 is 0 Å². The molecule has 2 aromatic carbocycles. The first-order chi connectivity index (χ1) is 9.75. The summed E-state index contributed by atoms with van der Waals surface area (Å²) in [6, 6.07) is 17.2. The Labute approximate surface area is 119 Å². The summed E-state index contributed by atoms with van der Waals surface area (Å²) in [4.78, 5) is 11.7. The van der Waals surface area contributed by atoms with Crippen molar-refractivity contribution < 1.29 is 9.90 Å². The molecule has 0 bridgehead atoms. The van der Waals surface area contributed by atoms with E-state index < -0.39 is 0 Å². The Bertz CT molecular complexity index is 552. The second kappa shape index (κ2) is 7.34. The van der Waals surface area contributed by atoms with E-state index in [-0.39, 0.29) is 11.7 Å². The monoisotopic (exact) mass is 269 g/mol. The lowest BCUT2D eigenvalue weighted by atomic mass is 10.1. The molecule has 0 aromatic heterocycles. The van der Waals surface area contributed by atoms with Crippen LogP contribution in [0.4, 0.5) is 0 Å². The predicted molar refractivity (Wildman–Crippen MR) is 79.6 cm³/mol. The van der Waals surface area contributed by atoms with Crippen molar-refractivity contribution >= 4 is 5.91 Å². The summed E-state index contributed by atoms with van der Waals surface area (Å²) < 4.78 is 0. The maximum absolute atomic E-state index is 11.7. The maximum atomic E-state index is 11.7. The number of phenols is 1. The van der Waals surface area contributed by atoms with Crippen LogP contribution in [-0.2, 0) is 17.6 Å². The third kappa shape index (κ3) is 4.43. The highest BCUT2D eigenvalue weighted by molar-refractivity contribution is 5.76. The average molecular weight is 269 g/mol. The SMILES string of the molecule is O=C(CCc1ccccc1)NCCc1ccccc1O. The molecule has 2 rings (SSSR count). The largest absolute Gasteiger partial charge is 0.508 e. The number of benzene rings is 2. The number of amides is 1. The van der Waals surface area contributed by atoms with Crippen LogP contribution in [0.15, 0.2) is 54.6 Å². The molecule has 0 saturated heterocycles. The number of hydrogen-bond acceptors (Lipinski definition) is 2. The quantitative estimate of drug-likeness (QED) is 0.847. The molecular weight excluding hydrogens is 250 g/mol. The van der Waals surface area contributed by atoms with Gasteiger partial charge in [-0.3, -0.25) is 4.79 Å². The molecule has 20 heavy (non-hydrogen) atoms. The Morgan fingerprint density at radius 2 is 1.65 bits per heavy atom. The lowest BCUT2D eigenvalue weighted by Gasteiger charge is -2.07. The summed E-state index contributed by atoms with van der Waals surface area (Å²) >= 11 is 0. The number of hydrogen-bond donors (Lipinski definition) is 2. The fourth-order valence-corrected chi connectivity index (χ4v) is 2.05. The van der Waals surface area contributed by atoms with Gasteiger partial charge in [-0.1, -0.05) is 48.5 Å². The standard InChI is InChI=1S/C17H19NO2/c19-16-9-5-4-8-15(16)12-13-18-17(20)11-10-14-6-2-1-3-7-14/h1-9,19H,10-13H2,(H,18,20). The van der Waals surface area contributed by atoms with Gasteiger partial charge in [0.2, 0.25) is 5.91 Å². The molecule has 0 saturated carbocycles.